The average Bonchev–Trinajstić information content (AvgIpc) is 2.66. The molecule has 28 heavy (non-hydrogen) atoms. The van der Waals surface area contributed by atoms with E-state index in [1.165, 1.54) is 5.56 Å². The van der Waals surface area contributed by atoms with Gasteiger partial charge >= 0.3 is 0 Å². The molecule has 1 N–H and O–H groups in total. The standard InChI is InChI=1S/C22H33N3O3/c1-4-24-13-12-23(15-20(24)26)16-22(28)10-5-11-25(21(22)27)14-18-6-8-19(9-7-18)17(2)3/h6-9,17,28H,4-5,10-16H2,1-3H3/t22-/m1/s1. The lowest BCUT2D eigenvalue weighted by Crippen LogP contribution is -2.61. The third-order valence-electron chi connectivity index (χ3n) is 5.99. The Kier molecular flexibility index (Phi) is 6.40. The molecule has 0 bridgehead atoms. The van der Waals surface area contributed by atoms with Gasteiger partial charge in [0.2, 0.25) is 5.91 Å². The summed E-state index contributed by atoms with van der Waals surface area (Å²) in [4.78, 5) is 30.7. The summed E-state index contributed by atoms with van der Waals surface area (Å²) in [5, 5.41) is 11.1. The third kappa shape index (κ3) is 4.55. The van der Waals surface area contributed by atoms with E-state index in [0.717, 1.165) is 12.0 Å². The lowest BCUT2D eigenvalue weighted by atomic mass is 9.90. The number of likely N-dealkylation sites (tertiary alicyclic amines) is 1. The number of aliphatic hydroxyl groups is 1. The van der Waals surface area contributed by atoms with E-state index in [4.69, 9.17) is 0 Å². The normalized spacial score (nSPS) is 24.3. The van der Waals surface area contributed by atoms with Gasteiger partial charge in [-0.3, -0.25) is 14.5 Å². The van der Waals surface area contributed by atoms with Gasteiger partial charge in [-0.2, -0.15) is 0 Å². The van der Waals surface area contributed by atoms with Gasteiger partial charge < -0.3 is 14.9 Å². The Bertz CT molecular complexity index is 703. The van der Waals surface area contributed by atoms with Crippen LogP contribution in [0.3, 0.4) is 0 Å². The Morgan fingerprint density at radius 2 is 1.79 bits per heavy atom. The molecule has 1 aromatic rings. The van der Waals surface area contributed by atoms with Crippen LogP contribution in [0.2, 0.25) is 0 Å². The largest absolute Gasteiger partial charge is 0.379 e. The van der Waals surface area contributed by atoms with Gasteiger partial charge in [-0.25, -0.2) is 0 Å². The van der Waals surface area contributed by atoms with E-state index in [9.17, 15) is 14.7 Å². The molecule has 6 nitrogen and oxygen atoms in total. The average molecular weight is 388 g/mol. The predicted molar refractivity (Wildman–Crippen MR) is 109 cm³/mol. The molecular formula is C22H33N3O3. The van der Waals surface area contributed by atoms with Gasteiger partial charge in [0, 0.05) is 39.3 Å². The number of piperazine rings is 1. The van der Waals surface area contributed by atoms with E-state index in [-0.39, 0.29) is 24.9 Å². The van der Waals surface area contributed by atoms with Crippen LogP contribution in [0.25, 0.3) is 0 Å². The predicted octanol–water partition coefficient (Wildman–Crippen LogP) is 1.83. The Hall–Kier alpha value is -1.92. The summed E-state index contributed by atoms with van der Waals surface area (Å²) >= 11 is 0. The summed E-state index contributed by atoms with van der Waals surface area (Å²) < 4.78 is 0. The van der Waals surface area contributed by atoms with Crippen LogP contribution in [-0.2, 0) is 16.1 Å². The van der Waals surface area contributed by atoms with Gasteiger partial charge in [0.15, 0.2) is 5.60 Å². The minimum Gasteiger partial charge on any atom is -0.379 e. The van der Waals surface area contributed by atoms with Crippen LogP contribution in [0.1, 0.15) is 50.7 Å². The van der Waals surface area contributed by atoms with Crippen LogP contribution in [0.5, 0.6) is 0 Å². The van der Waals surface area contributed by atoms with Crippen LogP contribution >= 0.6 is 0 Å². The summed E-state index contributed by atoms with van der Waals surface area (Å²) in [6.45, 7) is 10.0. The highest BCUT2D eigenvalue weighted by atomic mass is 16.3. The second kappa shape index (κ2) is 8.62. The number of benzene rings is 1. The summed E-state index contributed by atoms with van der Waals surface area (Å²) in [6.07, 6.45) is 1.23. The number of amides is 2. The van der Waals surface area contributed by atoms with Crippen molar-refractivity contribution in [2.75, 3.05) is 39.3 Å². The fourth-order valence-electron chi connectivity index (χ4n) is 4.19. The van der Waals surface area contributed by atoms with Gasteiger partial charge in [-0.15, -0.1) is 0 Å². The van der Waals surface area contributed by atoms with Crippen LogP contribution in [0.4, 0.5) is 0 Å². The maximum atomic E-state index is 13.1. The molecule has 0 spiro atoms. The number of rotatable bonds is 6. The van der Waals surface area contributed by atoms with E-state index >= 15 is 0 Å². The van der Waals surface area contributed by atoms with Crippen molar-refractivity contribution in [2.45, 2.75) is 51.7 Å². The summed E-state index contributed by atoms with van der Waals surface area (Å²) in [6, 6.07) is 8.36. The number of piperidine rings is 1. The maximum Gasteiger partial charge on any atom is 0.256 e. The van der Waals surface area contributed by atoms with Crippen molar-refractivity contribution < 1.29 is 14.7 Å². The Morgan fingerprint density at radius 3 is 2.39 bits per heavy atom. The Balaban J connectivity index is 1.63. The van der Waals surface area contributed by atoms with Crippen molar-refractivity contribution in [3.63, 3.8) is 0 Å². The van der Waals surface area contributed by atoms with Crippen molar-refractivity contribution in [3.8, 4) is 0 Å². The molecule has 0 saturated carbocycles. The van der Waals surface area contributed by atoms with E-state index in [1.54, 1.807) is 4.90 Å². The van der Waals surface area contributed by atoms with Crippen LogP contribution in [0.15, 0.2) is 24.3 Å². The SMILES string of the molecule is CCN1CCN(C[C@]2(O)CCCN(Cc3ccc(C(C)C)cc3)C2=O)CC1=O. The summed E-state index contributed by atoms with van der Waals surface area (Å²) in [7, 11) is 0. The fraction of sp³-hybridized carbons (Fsp3) is 0.636. The number of hydrogen-bond donors (Lipinski definition) is 1. The topological polar surface area (TPSA) is 64.1 Å². The smallest absolute Gasteiger partial charge is 0.256 e. The molecular weight excluding hydrogens is 354 g/mol. The highest BCUT2D eigenvalue weighted by Gasteiger charge is 2.44. The van der Waals surface area contributed by atoms with Gasteiger partial charge in [0.25, 0.3) is 5.91 Å². The summed E-state index contributed by atoms with van der Waals surface area (Å²) in [5.41, 5.74) is 0.958. The number of β-amino-alcohol motifs (C(OH)–C–C–N with tert-alkyl or cyclic N) is 1. The van der Waals surface area contributed by atoms with Gasteiger partial charge in [-0.05, 0) is 36.8 Å². The van der Waals surface area contributed by atoms with Crippen molar-refractivity contribution in [2.24, 2.45) is 0 Å². The molecule has 6 heteroatoms. The lowest BCUT2D eigenvalue weighted by Gasteiger charge is -2.42. The zero-order valence-corrected chi connectivity index (χ0v) is 17.4. The molecule has 2 fully saturated rings. The van der Waals surface area contributed by atoms with Crippen molar-refractivity contribution >= 4 is 11.8 Å². The first kappa shape index (κ1) is 20.8. The number of carbonyl (C=O) groups excluding carboxylic acids is 2. The lowest BCUT2D eigenvalue weighted by molar-refractivity contribution is -0.162. The van der Waals surface area contributed by atoms with E-state index in [2.05, 4.69) is 38.1 Å². The van der Waals surface area contributed by atoms with Gasteiger partial charge in [-0.1, -0.05) is 38.1 Å². The third-order valence-corrected chi connectivity index (χ3v) is 5.99. The fourth-order valence-corrected chi connectivity index (χ4v) is 4.19. The molecule has 1 aromatic carbocycles. The van der Waals surface area contributed by atoms with E-state index < -0.39 is 5.60 Å². The molecule has 1 atom stereocenters. The Morgan fingerprint density at radius 1 is 1.07 bits per heavy atom. The molecule has 2 heterocycles. The van der Waals surface area contributed by atoms with Crippen LogP contribution in [-0.4, -0.2) is 76.5 Å². The zero-order chi connectivity index (χ0) is 20.3. The number of nitrogens with zero attached hydrogens (tertiary/aromatic N) is 3. The molecule has 0 radical (unpaired) electrons. The molecule has 2 saturated heterocycles. The maximum absolute atomic E-state index is 13.1. The monoisotopic (exact) mass is 387 g/mol. The second-order valence-corrected chi connectivity index (χ2v) is 8.44. The highest BCUT2D eigenvalue weighted by molar-refractivity contribution is 5.86. The zero-order valence-electron chi connectivity index (χ0n) is 17.4. The van der Waals surface area contributed by atoms with E-state index in [0.29, 0.717) is 45.1 Å². The highest BCUT2D eigenvalue weighted by Crippen LogP contribution is 2.26. The van der Waals surface area contributed by atoms with Crippen LogP contribution < -0.4 is 0 Å². The molecule has 154 valence electrons. The minimum absolute atomic E-state index is 0.0720. The Labute approximate surface area is 168 Å². The van der Waals surface area contributed by atoms with Gasteiger partial charge in [0.05, 0.1) is 6.54 Å². The molecule has 2 amide bonds. The van der Waals surface area contributed by atoms with Crippen molar-refractivity contribution in [1.82, 2.24) is 14.7 Å². The molecule has 0 unspecified atom stereocenters. The van der Waals surface area contributed by atoms with Crippen molar-refractivity contribution in [1.29, 1.82) is 0 Å². The number of likely N-dealkylation sites (N-methyl/N-ethyl adjacent to an activating group) is 1. The van der Waals surface area contributed by atoms with E-state index in [1.807, 2.05) is 16.7 Å². The summed E-state index contributed by atoms with van der Waals surface area (Å²) in [5.74, 6) is 0.339. The molecule has 3 rings (SSSR count). The van der Waals surface area contributed by atoms with Crippen molar-refractivity contribution in [3.05, 3.63) is 35.4 Å². The quantitative estimate of drug-likeness (QED) is 0.809. The van der Waals surface area contributed by atoms with Crippen LogP contribution in [0, 0.1) is 0 Å². The minimum atomic E-state index is -1.40. The molecule has 0 aliphatic carbocycles. The molecule has 0 aromatic heterocycles. The number of carbonyl (C=O) groups is 2. The number of hydrogen-bond acceptors (Lipinski definition) is 4. The first-order valence-corrected chi connectivity index (χ1v) is 10.4. The molecule has 2 aliphatic rings. The van der Waals surface area contributed by atoms with Gasteiger partial charge in [0.1, 0.15) is 0 Å². The molecule has 2 aliphatic heterocycles. The first-order valence-electron chi connectivity index (χ1n) is 10.4. The first-order chi connectivity index (χ1) is 13.3. The second-order valence-electron chi connectivity index (χ2n) is 8.44.